The lowest BCUT2D eigenvalue weighted by Gasteiger charge is -2.43. The molecule has 1 aromatic carbocycles. The van der Waals surface area contributed by atoms with Crippen molar-refractivity contribution in [3.05, 3.63) is 30.0 Å². The molecule has 0 saturated carbocycles. The lowest BCUT2D eigenvalue weighted by atomic mass is 9.87. The first kappa shape index (κ1) is 17.0. The smallest absolute Gasteiger partial charge is 0.0926 e. The van der Waals surface area contributed by atoms with Crippen LogP contribution in [-0.2, 0) is 0 Å². The quantitative estimate of drug-likeness (QED) is 0.892. The van der Waals surface area contributed by atoms with E-state index in [-0.39, 0.29) is 5.54 Å². The van der Waals surface area contributed by atoms with Crippen LogP contribution in [0.15, 0.2) is 24.4 Å². The molecule has 4 heteroatoms. The van der Waals surface area contributed by atoms with Crippen molar-refractivity contribution >= 4 is 10.9 Å². The van der Waals surface area contributed by atoms with Gasteiger partial charge < -0.3 is 10.2 Å². The van der Waals surface area contributed by atoms with E-state index in [9.17, 15) is 0 Å². The summed E-state index contributed by atoms with van der Waals surface area (Å²) in [5, 5.41) is 9.93. The minimum absolute atomic E-state index is 0.245. The molecule has 2 fully saturated rings. The Kier molecular flexibility index (Phi) is 4.37. The molecule has 4 rings (SSSR count). The maximum atomic E-state index is 4.97. The van der Waals surface area contributed by atoms with E-state index in [1.165, 1.54) is 30.2 Å². The number of nitrogens with zero attached hydrogens (tertiary/aromatic N) is 3. The number of likely N-dealkylation sites (tertiary alicyclic amines) is 1. The number of aromatic nitrogens is 2. The molecule has 1 aromatic heterocycles. The molecule has 4 nitrogen and oxygen atoms in total. The van der Waals surface area contributed by atoms with Crippen LogP contribution < -0.4 is 5.32 Å². The first-order valence-corrected chi connectivity index (χ1v) is 9.86. The van der Waals surface area contributed by atoms with Crippen LogP contribution in [0.5, 0.6) is 0 Å². The molecule has 0 amide bonds. The average Bonchev–Trinajstić information content (AvgIpc) is 3.01. The van der Waals surface area contributed by atoms with Crippen molar-refractivity contribution in [2.24, 2.45) is 5.92 Å². The van der Waals surface area contributed by atoms with E-state index < -0.39 is 0 Å². The number of nitrogens with one attached hydrogen (secondary N) is 1. The van der Waals surface area contributed by atoms with Gasteiger partial charge in [0.2, 0.25) is 0 Å². The largest absolute Gasteiger partial charge is 0.310 e. The van der Waals surface area contributed by atoms with Crippen LogP contribution in [0, 0.1) is 5.92 Å². The van der Waals surface area contributed by atoms with Crippen LogP contribution in [0.3, 0.4) is 0 Å². The molecule has 3 atom stereocenters. The van der Waals surface area contributed by atoms with Gasteiger partial charge in [0, 0.05) is 29.7 Å². The van der Waals surface area contributed by atoms with Gasteiger partial charge in [-0.3, -0.25) is 4.68 Å². The van der Waals surface area contributed by atoms with Crippen molar-refractivity contribution in [1.82, 2.24) is 20.0 Å². The second kappa shape index (κ2) is 6.40. The van der Waals surface area contributed by atoms with Gasteiger partial charge in [0.05, 0.1) is 11.6 Å². The highest BCUT2D eigenvalue weighted by molar-refractivity contribution is 5.78. The second-order valence-electron chi connectivity index (χ2n) is 8.95. The van der Waals surface area contributed by atoms with Crippen molar-refractivity contribution in [3.8, 4) is 0 Å². The average molecular weight is 341 g/mol. The Morgan fingerprint density at radius 3 is 2.76 bits per heavy atom. The van der Waals surface area contributed by atoms with Crippen LogP contribution in [0.1, 0.15) is 64.1 Å². The normalized spacial score (nSPS) is 30.6. The zero-order valence-electron chi connectivity index (χ0n) is 16.1. The maximum absolute atomic E-state index is 4.97. The van der Waals surface area contributed by atoms with Crippen molar-refractivity contribution in [2.75, 3.05) is 20.1 Å². The summed E-state index contributed by atoms with van der Waals surface area (Å²) in [4.78, 5) is 2.47. The monoisotopic (exact) mass is 340 g/mol. The molecule has 2 saturated heterocycles. The summed E-state index contributed by atoms with van der Waals surface area (Å²) in [5.74, 6) is 0.798. The van der Waals surface area contributed by atoms with Crippen molar-refractivity contribution in [2.45, 2.75) is 64.1 Å². The second-order valence-corrected chi connectivity index (χ2v) is 8.95. The van der Waals surface area contributed by atoms with E-state index in [1.54, 1.807) is 0 Å². The van der Waals surface area contributed by atoms with Crippen LogP contribution in [0.25, 0.3) is 10.9 Å². The van der Waals surface area contributed by atoms with Gasteiger partial charge in [-0.2, -0.15) is 5.10 Å². The highest BCUT2D eigenvalue weighted by atomic mass is 15.3. The summed E-state index contributed by atoms with van der Waals surface area (Å²) >= 11 is 0. The van der Waals surface area contributed by atoms with E-state index >= 15 is 0 Å². The predicted octanol–water partition coefficient (Wildman–Crippen LogP) is 4.14. The molecule has 2 aromatic rings. The Morgan fingerprint density at radius 1 is 1.20 bits per heavy atom. The Balaban J connectivity index is 1.56. The molecule has 2 aliphatic rings. The minimum atomic E-state index is 0.245. The molecule has 0 radical (unpaired) electrons. The van der Waals surface area contributed by atoms with E-state index in [0.717, 1.165) is 30.9 Å². The number of hydrogen-bond acceptors (Lipinski definition) is 3. The lowest BCUT2D eigenvalue weighted by Crippen LogP contribution is -2.47. The van der Waals surface area contributed by atoms with Crippen molar-refractivity contribution < 1.29 is 0 Å². The first-order valence-electron chi connectivity index (χ1n) is 9.86. The van der Waals surface area contributed by atoms with Crippen molar-refractivity contribution in [3.63, 3.8) is 0 Å². The molecule has 2 aliphatic heterocycles. The summed E-state index contributed by atoms with van der Waals surface area (Å²) in [6, 6.07) is 7.86. The van der Waals surface area contributed by atoms with Gasteiger partial charge in [0.25, 0.3) is 0 Å². The topological polar surface area (TPSA) is 33.1 Å². The Bertz CT molecular complexity index is 739. The van der Waals surface area contributed by atoms with Gasteiger partial charge in [-0.15, -0.1) is 0 Å². The number of rotatable bonds is 2. The standard InChI is InChI=1S/C21H32N4/c1-15-5-8-19(22-13-15)16-6-7-17-14-25(23-20(17)11-16)18-9-10-24(4)21(2,3)12-18/h6-7,11,14-15,18-19,22H,5,8-10,12-13H2,1-4H3/t15-,18+,19+/m0/s1. The third kappa shape index (κ3) is 3.34. The van der Waals surface area contributed by atoms with Gasteiger partial charge in [0.1, 0.15) is 0 Å². The molecule has 0 aliphatic carbocycles. The van der Waals surface area contributed by atoms with E-state index in [2.05, 4.69) is 67.1 Å². The Morgan fingerprint density at radius 2 is 2.04 bits per heavy atom. The summed E-state index contributed by atoms with van der Waals surface area (Å²) in [5.41, 5.74) is 2.79. The number of hydrogen-bond donors (Lipinski definition) is 1. The van der Waals surface area contributed by atoms with Crippen molar-refractivity contribution in [1.29, 1.82) is 0 Å². The highest BCUT2D eigenvalue weighted by Gasteiger charge is 2.33. The summed E-state index contributed by atoms with van der Waals surface area (Å²) < 4.78 is 2.24. The zero-order chi connectivity index (χ0) is 17.6. The molecule has 3 heterocycles. The fourth-order valence-electron chi connectivity index (χ4n) is 4.44. The molecule has 1 N–H and O–H groups in total. The molecule has 0 spiro atoms. The Hall–Kier alpha value is -1.39. The van der Waals surface area contributed by atoms with Gasteiger partial charge in [0.15, 0.2) is 0 Å². The first-order chi connectivity index (χ1) is 11.9. The fraction of sp³-hybridized carbons (Fsp3) is 0.667. The zero-order valence-corrected chi connectivity index (χ0v) is 16.1. The number of fused-ring (bicyclic) bond motifs is 1. The molecule has 0 unspecified atom stereocenters. The highest BCUT2D eigenvalue weighted by Crippen LogP contribution is 2.34. The SMILES string of the molecule is C[C@H]1CC[C@H](c2ccc3cn([C@@H]4CCN(C)C(C)(C)C4)nc3c2)NC1. The van der Waals surface area contributed by atoms with E-state index in [4.69, 9.17) is 5.10 Å². The van der Waals surface area contributed by atoms with Gasteiger partial charge in [-0.1, -0.05) is 19.1 Å². The lowest BCUT2D eigenvalue weighted by molar-refractivity contribution is 0.0721. The summed E-state index contributed by atoms with van der Waals surface area (Å²) in [6.07, 6.45) is 7.14. The van der Waals surface area contributed by atoms with E-state index in [0.29, 0.717) is 12.1 Å². The summed E-state index contributed by atoms with van der Waals surface area (Å²) in [7, 11) is 2.24. The Labute approximate surface area is 151 Å². The van der Waals surface area contributed by atoms with Crippen LogP contribution in [0.4, 0.5) is 0 Å². The fourth-order valence-corrected chi connectivity index (χ4v) is 4.44. The molecular formula is C21H32N4. The minimum Gasteiger partial charge on any atom is -0.310 e. The van der Waals surface area contributed by atoms with Gasteiger partial charge in [-0.05, 0) is 70.7 Å². The van der Waals surface area contributed by atoms with Crippen LogP contribution >= 0.6 is 0 Å². The van der Waals surface area contributed by atoms with Crippen LogP contribution in [0.2, 0.25) is 0 Å². The predicted molar refractivity (Wildman–Crippen MR) is 104 cm³/mol. The summed E-state index contributed by atoms with van der Waals surface area (Å²) in [6.45, 7) is 9.29. The molecule has 25 heavy (non-hydrogen) atoms. The maximum Gasteiger partial charge on any atom is 0.0926 e. The number of benzene rings is 1. The van der Waals surface area contributed by atoms with Gasteiger partial charge in [-0.25, -0.2) is 0 Å². The number of piperidine rings is 2. The molecule has 0 bridgehead atoms. The van der Waals surface area contributed by atoms with E-state index in [1.807, 2.05) is 0 Å². The third-order valence-corrected chi connectivity index (χ3v) is 6.55. The third-order valence-electron chi connectivity index (χ3n) is 6.55. The van der Waals surface area contributed by atoms with Crippen LogP contribution in [-0.4, -0.2) is 40.4 Å². The molecule has 136 valence electrons. The van der Waals surface area contributed by atoms with Gasteiger partial charge >= 0.3 is 0 Å². The molecular weight excluding hydrogens is 308 g/mol.